The Kier molecular flexibility index (Phi) is 5.21. The lowest BCUT2D eigenvalue weighted by Gasteiger charge is -2.16. The summed E-state index contributed by atoms with van der Waals surface area (Å²) in [5.74, 6) is 1.90. The number of benzene rings is 2. The fourth-order valence-corrected chi connectivity index (χ4v) is 2.68. The van der Waals surface area contributed by atoms with E-state index in [-0.39, 0.29) is 0 Å². The van der Waals surface area contributed by atoms with E-state index >= 15 is 0 Å². The maximum absolute atomic E-state index is 6.55. The van der Waals surface area contributed by atoms with Crippen molar-refractivity contribution in [2.24, 2.45) is 0 Å². The van der Waals surface area contributed by atoms with Gasteiger partial charge in [-0.3, -0.25) is 0 Å². The number of halogens is 2. The Bertz CT molecular complexity index is 629. The molecular formula is C16H16Cl2O3. The third-order valence-electron chi connectivity index (χ3n) is 3.16. The van der Waals surface area contributed by atoms with Crippen LogP contribution < -0.4 is 14.2 Å². The number of rotatable bonds is 5. The van der Waals surface area contributed by atoms with E-state index in [2.05, 4.69) is 0 Å². The highest BCUT2D eigenvalue weighted by molar-refractivity contribution is 6.33. The van der Waals surface area contributed by atoms with Crippen molar-refractivity contribution >= 4 is 23.2 Å². The molecule has 1 unspecified atom stereocenters. The molecule has 0 aliphatic carbocycles. The van der Waals surface area contributed by atoms with Crippen LogP contribution in [0.25, 0.3) is 0 Å². The molecule has 5 heteroatoms. The van der Waals surface area contributed by atoms with Gasteiger partial charge in [-0.1, -0.05) is 23.7 Å². The molecule has 0 bridgehead atoms. The molecule has 0 N–H and O–H groups in total. The molecule has 0 amide bonds. The summed E-state index contributed by atoms with van der Waals surface area (Å²) >= 11 is 12.9. The van der Waals surface area contributed by atoms with E-state index in [0.29, 0.717) is 16.5 Å². The Labute approximate surface area is 134 Å². The van der Waals surface area contributed by atoms with Gasteiger partial charge < -0.3 is 14.2 Å². The molecule has 0 heterocycles. The zero-order chi connectivity index (χ0) is 15.4. The molecule has 2 aromatic rings. The number of hydrogen-bond acceptors (Lipinski definition) is 3. The van der Waals surface area contributed by atoms with Gasteiger partial charge in [-0.15, -0.1) is 11.6 Å². The minimum Gasteiger partial charge on any atom is -0.497 e. The first-order valence-corrected chi connectivity index (χ1v) is 7.11. The summed E-state index contributed by atoms with van der Waals surface area (Å²) in [6.07, 6.45) is 0. The van der Waals surface area contributed by atoms with Crippen LogP contribution >= 0.6 is 23.2 Å². The van der Waals surface area contributed by atoms with Gasteiger partial charge in [-0.25, -0.2) is 0 Å². The molecule has 0 radical (unpaired) electrons. The van der Waals surface area contributed by atoms with E-state index in [1.54, 1.807) is 33.5 Å². The largest absolute Gasteiger partial charge is 0.497 e. The molecule has 0 aliphatic heterocycles. The van der Waals surface area contributed by atoms with E-state index < -0.39 is 5.38 Å². The lowest BCUT2D eigenvalue weighted by molar-refractivity contribution is 0.354. The summed E-state index contributed by atoms with van der Waals surface area (Å²) in [5, 5.41) is 0.114. The molecule has 0 aromatic heterocycles. The van der Waals surface area contributed by atoms with Gasteiger partial charge in [0.2, 0.25) is 0 Å². The number of alkyl halides is 1. The first kappa shape index (κ1) is 15.8. The summed E-state index contributed by atoms with van der Waals surface area (Å²) in [6.45, 7) is 0. The van der Waals surface area contributed by atoms with Crippen molar-refractivity contribution < 1.29 is 14.2 Å². The summed E-state index contributed by atoms with van der Waals surface area (Å²) in [4.78, 5) is 0. The molecule has 0 saturated heterocycles. The van der Waals surface area contributed by atoms with Gasteiger partial charge >= 0.3 is 0 Å². The zero-order valence-corrected chi connectivity index (χ0v) is 13.5. The smallest absolute Gasteiger partial charge is 0.162 e. The first-order chi connectivity index (χ1) is 10.1. The highest BCUT2D eigenvalue weighted by Gasteiger charge is 2.18. The average molecular weight is 327 g/mol. The van der Waals surface area contributed by atoms with E-state index in [1.165, 1.54) is 0 Å². The number of ether oxygens (including phenoxy) is 3. The predicted molar refractivity (Wildman–Crippen MR) is 85.2 cm³/mol. The Morgan fingerprint density at radius 3 is 2.19 bits per heavy atom. The topological polar surface area (TPSA) is 27.7 Å². The first-order valence-electron chi connectivity index (χ1n) is 6.30. The molecule has 3 nitrogen and oxygen atoms in total. The molecule has 1 atom stereocenters. The van der Waals surface area contributed by atoms with Gasteiger partial charge in [-0.05, 0) is 29.3 Å². The summed E-state index contributed by atoms with van der Waals surface area (Å²) in [5.41, 5.74) is 1.65. The molecule has 112 valence electrons. The van der Waals surface area contributed by atoms with Crippen molar-refractivity contribution in [3.05, 3.63) is 52.5 Å². The van der Waals surface area contributed by atoms with E-state index in [0.717, 1.165) is 16.9 Å². The molecule has 2 rings (SSSR count). The van der Waals surface area contributed by atoms with Gasteiger partial charge in [-0.2, -0.15) is 0 Å². The third-order valence-corrected chi connectivity index (χ3v) is 3.98. The quantitative estimate of drug-likeness (QED) is 0.746. The molecule has 0 spiro atoms. The summed E-state index contributed by atoms with van der Waals surface area (Å²) in [6, 6.07) is 11.0. The van der Waals surface area contributed by atoms with E-state index in [9.17, 15) is 0 Å². The maximum atomic E-state index is 6.55. The normalized spacial score (nSPS) is 11.9. The zero-order valence-electron chi connectivity index (χ0n) is 12.0. The minimum absolute atomic E-state index is 0.410. The highest BCUT2D eigenvalue weighted by Crippen LogP contribution is 2.40. The monoisotopic (exact) mass is 326 g/mol. The fourth-order valence-electron chi connectivity index (χ4n) is 2.04. The number of methoxy groups -OCH3 is 3. The van der Waals surface area contributed by atoms with Crippen LogP contribution in [-0.2, 0) is 0 Å². The van der Waals surface area contributed by atoms with Crippen molar-refractivity contribution in [3.63, 3.8) is 0 Å². The summed E-state index contributed by atoms with van der Waals surface area (Å²) < 4.78 is 15.7. The Hall–Kier alpha value is -1.58. The fraction of sp³-hybridized carbons (Fsp3) is 0.250. The second-order valence-electron chi connectivity index (χ2n) is 4.37. The van der Waals surface area contributed by atoms with Crippen LogP contribution in [0.15, 0.2) is 36.4 Å². The highest BCUT2D eigenvalue weighted by atomic mass is 35.5. The Balaban J connectivity index is 2.44. The Morgan fingerprint density at radius 1 is 0.905 bits per heavy atom. The van der Waals surface area contributed by atoms with Crippen LogP contribution in [-0.4, -0.2) is 21.3 Å². The molecule has 2 aromatic carbocycles. The molecule has 0 aliphatic rings. The standard InChI is InChI=1S/C16H16Cl2O3/c1-19-11-6-4-5-10(7-11)16(18)12-8-14(20-2)15(21-3)9-13(12)17/h4-9,16H,1-3H3. The van der Waals surface area contributed by atoms with Gasteiger partial charge in [0.1, 0.15) is 5.75 Å². The van der Waals surface area contributed by atoms with Crippen molar-refractivity contribution in [3.8, 4) is 17.2 Å². The molecule has 0 saturated carbocycles. The number of hydrogen-bond donors (Lipinski definition) is 0. The minimum atomic E-state index is -0.410. The van der Waals surface area contributed by atoms with Crippen LogP contribution in [0.3, 0.4) is 0 Å². The van der Waals surface area contributed by atoms with Gasteiger partial charge in [0.15, 0.2) is 11.5 Å². The maximum Gasteiger partial charge on any atom is 0.162 e. The van der Waals surface area contributed by atoms with E-state index in [4.69, 9.17) is 37.4 Å². The van der Waals surface area contributed by atoms with Gasteiger partial charge in [0.25, 0.3) is 0 Å². The van der Waals surface area contributed by atoms with Gasteiger partial charge in [0, 0.05) is 11.1 Å². The SMILES string of the molecule is COc1cccc(C(Cl)c2cc(OC)c(OC)cc2Cl)c1. The molecular weight excluding hydrogens is 311 g/mol. The second kappa shape index (κ2) is 6.92. The molecule has 0 fully saturated rings. The van der Waals surface area contributed by atoms with Crippen LogP contribution in [0.5, 0.6) is 17.2 Å². The average Bonchev–Trinajstić information content (AvgIpc) is 2.53. The third kappa shape index (κ3) is 3.36. The molecule has 21 heavy (non-hydrogen) atoms. The van der Waals surface area contributed by atoms with Gasteiger partial charge in [0.05, 0.1) is 26.7 Å². The van der Waals surface area contributed by atoms with Crippen molar-refractivity contribution in [2.45, 2.75) is 5.38 Å². The van der Waals surface area contributed by atoms with Crippen molar-refractivity contribution in [1.82, 2.24) is 0 Å². The second-order valence-corrected chi connectivity index (χ2v) is 5.21. The van der Waals surface area contributed by atoms with Crippen molar-refractivity contribution in [2.75, 3.05) is 21.3 Å². The van der Waals surface area contributed by atoms with Crippen LogP contribution in [0, 0.1) is 0 Å². The van der Waals surface area contributed by atoms with Crippen LogP contribution in [0.4, 0.5) is 0 Å². The lowest BCUT2D eigenvalue weighted by atomic mass is 10.0. The lowest BCUT2D eigenvalue weighted by Crippen LogP contribution is -1.98. The van der Waals surface area contributed by atoms with Crippen LogP contribution in [0.2, 0.25) is 5.02 Å². The van der Waals surface area contributed by atoms with Crippen LogP contribution in [0.1, 0.15) is 16.5 Å². The summed E-state index contributed by atoms with van der Waals surface area (Å²) in [7, 11) is 4.75. The van der Waals surface area contributed by atoms with E-state index in [1.807, 2.05) is 24.3 Å². The Morgan fingerprint density at radius 2 is 1.57 bits per heavy atom. The predicted octanol–water partition coefficient (Wildman–Crippen LogP) is 4.69. The van der Waals surface area contributed by atoms with Crippen molar-refractivity contribution in [1.29, 1.82) is 0 Å².